The van der Waals surface area contributed by atoms with Gasteiger partial charge in [0.2, 0.25) is 10.0 Å². The van der Waals surface area contributed by atoms with Crippen LogP contribution >= 0.6 is 22.7 Å². The maximum Gasteiger partial charge on any atom is 0.407 e. The molecule has 12 nitrogen and oxygen atoms in total. The van der Waals surface area contributed by atoms with E-state index in [-0.39, 0.29) is 35.3 Å². The number of carbonyl (C=O) groups is 2. The number of aromatic nitrogens is 1. The van der Waals surface area contributed by atoms with E-state index in [0.29, 0.717) is 53.4 Å². The molecule has 56 heavy (non-hydrogen) atoms. The number of nitrogens with zero attached hydrogens (tertiary/aromatic N) is 2. The largest absolute Gasteiger partial charge is 0.478 e. The lowest BCUT2D eigenvalue weighted by Crippen LogP contribution is -2.43. The van der Waals surface area contributed by atoms with E-state index in [1.165, 1.54) is 15.6 Å². The molecule has 4 atom stereocenters. The first-order valence-electron chi connectivity index (χ1n) is 19.4. The summed E-state index contributed by atoms with van der Waals surface area (Å²) in [7, 11) is -3.94. The predicted molar refractivity (Wildman–Crippen MR) is 218 cm³/mol. The Morgan fingerprint density at radius 3 is 2.64 bits per heavy atom. The number of sulfonamides is 1. The van der Waals surface area contributed by atoms with Gasteiger partial charge in [-0.1, -0.05) is 69.4 Å². The number of carboxylic acid groups (broad SMARTS) is 1. The number of amides is 1. The molecule has 3 N–H and O–H groups in total. The molecule has 302 valence electrons. The summed E-state index contributed by atoms with van der Waals surface area (Å²) < 4.78 is 48.3. The third-order valence-corrected chi connectivity index (χ3v) is 15.3. The van der Waals surface area contributed by atoms with Crippen molar-refractivity contribution in [1.29, 1.82) is 0 Å². The van der Waals surface area contributed by atoms with Crippen LogP contribution < -0.4 is 10.6 Å². The summed E-state index contributed by atoms with van der Waals surface area (Å²) in [5.41, 5.74) is 3.08. The SMILES string of the molecule is CC(C)CN(CC[C@H](Cc1ccccc1)NC(=O)O[C@H]1CO[C@@]2(C)OCC[C@@H]12)S(=O)(=O)c1ccc2nc(NCc3sc4c(c3C(=O)O)CC(C)(C)CC4)sc2c1. The van der Waals surface area contributed by atoms with Crippen LogP contribution in [0.4, 0.5) is 9.93 Å². The van der Waals surface area contributed by atoms with Crippen LogP contribution in [0.15, 0.2) is 53.4 Å². The van der Waals surface area contributed by atoms with Crippen LogP contribution in [0.25, 0.3) is 10.2 Å². The maximum atomic E-state index is 14.3. The smallest absolute Gasteiger partial charge is 0.407 e. The molecule has 2 saturated heterocycles. The predicted octanol–water partition coefficient (Wildman–Crippen LogP) is 7.71. The number of anilines is 1. The number of aromatic carboxylic acids is 1. The zero-order valence-corrected chi connectivity index (χ0v) is 35.1. The summed E-state index contributed by atoms with van der Waals surface area (Å²) >= 11 is 2.90. The summed E-state index contributed by atoms with van der Waals surface area (Å²) in [5, 5.41) is 17.1. The van der Waals surface area contributed by atoms with Crippen LogP contribution in [0.5, 0.6) is 0 Å². The highest BCUT2D eigenvalue weighted by molar-refractivity contribution is 7.89. The molecule has 3 aliphatic rings. The number of thiazole rings is 1. The normalized spacial score (nSPS) is 22.3. The fourth-order valence-electron chi connectivity index (χ4n) is 8.18. The van der Waals surface area contributed by atoms with Crippen molar-refractivity contribution >= 4 is 60.1 Å². The van der Waals surface area contributed by atoms with Crippen molar-refractivity contribution in [2.45, 2.75) is 103 Å². The van der Waals surface area contributed by atoms with Gasteiger partial charge in [-0.3, -0.25) is 0 Å². The van der Waals surface area contributed by atoms with Crippen molar-refractivity contribution in [2.24, 2.45) is 17.3 Å². The number of hydrogen-bond donors (Lipinski definition) is 3. The number of alkyl carbamates (subject to hydrolysis) is 1. The van der Waals surface area contributed by atoms with Crippen LogP contribution in [0.1, 0.15) is 85.1 Å². The number of ether oxygens (including phenoxy) is 3. The highest BCUT2D eigenvalue weighted by Crippen LogP contribution is 2.43. The molecule has 2 fully saturated rings. The lowest BCUT2D eigenvalue weighted by atomic mass is 9.76. The molecule has 0 bridgehead atoms. The highest BCUT2D eigenvalue weighted by Gasteiger charge is 2.53. The number of fused-ring (bicyclic) bond motifs is 3. The van der Waals surface area contributed by atoms with Gasteiger partial charge in [0.25, 0.3) is 0 Å². The Kier molecular flexibility index (Phi) is 11.8. The molecule has 0 radical (unpaired) electrons. The molecule has 0 saturated carbocycles. The van der Waals surface area contributed by atoms with Crippen LogP contribution in [0.3, 0.4) is 0 Å². The van der Waals surface area contributed by atoms with Crippen molar-refractivity contribution in [3.63, 3.8) is 0 Å². The Bertz CT molecular complexity index is 2170. The Hall–Kier alpha value is -3.60. The van der Waals surface area contributed by atoms with E-state index in [4.69, 9.17) is 19.2 Å². The van der Waals surface area contributed by atoms with Crippen molar-refractivity contribution in [2.75, 3.05) is 31.6 Å². The number of carbonyl (C=O) groups excluding carboxylic acids is 1. The van der Waals surface area contributed by atoms with Gasteiger partial charge in [0.15, 0.2) is 10.9 Å². The first-order chi connectivity index (χ1) is 26.6. The quantitative estimate of drug-likeness (QED) is 0.109. The van der Waals surface area contributed by atoms with Crippen molar-refractivity contribution in [3.8, 4) is 0 Å². The van der Waals surface area contributed by atoms with Gasteiger partial charge in [0, 0.05) is 28.9 Å². The van der Waals surface area contributed by atoms with E-state index in [9.17, 15) is 23.1 Å². The minimum Gasteiger partial charge on any atom is -0.478 e. The maximum absolute atomic E-state index is 14.3. The fourth-order valence-corrected chi connectivity index (χ4v) is 12.1. The molecule has 1 aliphatic carbocycles. The van der Waals surface area contributed by atoms with Gasteiger partial charge in [-0.25, -0.2) is 23.0 Å². The number of hydrogen-bond acceptors (Lipinski definition) is 11. The van der Waals surface area contributed by atoms with Gasteiger partial charge < -0.3 is 30.0 Å². The van der Waals surface area contributed by atoms with Crippen molar-refractivity contribution in [3.05, 3.63) is 75.0 Å². The second kappa shape index (κ2) is 16.3. The topological polar surface area (TPSA) is 156 Å². The van der Waals surface area contributed by atoms with E-state index in [1.807, 2.05) is 51.1 Å². The zero-order chi connectivity index (χ0) is 39.8. The fraction of sp³-hybridized carbons (Fsp3) is 0.537. The van der Waals surface area contributed by atoms with Crippen molar-refractivity contribution in [1.82, 2.24) is 14.6 Å². The highest BCUT2D eigenvalue weighted by atomic mass is 32.2. The standard InChI is InChI=1S/C41H52N4O8S3/c1-25(2)23-45(17-14-27(19-26-9-7-6-8-10-26)43-39(48)53-32-24-52-41(5)30(32)15-18-51-41)56(49,50)28-11-12-31-34(20-28)55-38(44-31)42-22-35-36(37(46)47)29-21-40(3,4)16-13-33(29)54-35/h6-12,20,25,27,30,32H,13-19,21-24H2,1-5H3,(H,42,44)(H,43,48)(H,46,47)/t27-,30+,32+,41-/m1/s1. The number of thiophene rings is 1. The molecule has 0 spiro atoms. The summed E-state index contributed by atoms with van der Waals surface area (Å²) in [5.74, 6) is -1.64. The van der Waals surface area contributed by atoms with Crippen LogP contribution in [-0.2, 0) is 50.0 Å². The Balaban J connectivity index is 1.05. The summed E-state index contributed by atoms with van der Waals surface area (Å²) in [6.07, 6.45) is 3.27. The molecule has 2 aromatic heterocycles. The van der Waals surface area contributed by atoms with Crippen LogP contribution in [0, 0.1) is 17.3 Å². The Morgan fingerprint density at radius 1 is 1.11 bits per heavy atom. The van der Waals surface area contributed by atoms with E-state index in [0.717, 1.165) is 46.6 Å². The monoisotopic (exact) mass is 824 g/mol. The van der Waals surface area contributed by atoms with Crippen molar-refractivity contribution < 1.29 is 37.3 Å². The number of aryl methyl sites for hydroxylation is 1. The van der Waals surface area contributed by atoms with E-state index >= 15 is 0 Å². The molecule has 0 unspecified atom stereocenters. The van der Waals surface area contributed by atoms with Gasteiger partial charge in [-0.2, -0.15) is 4.31 Å². The molecule has 4 aromatic rings. The number of carboxylic acids is 1. The van der Waals surface area contributed by atoms with E-state index < -0.39 is 40.0 Å². The minimum atomic E-state index is -3.94. The molecule has 15 heteroatoms. The summed E-state index contributed by atoms with van der Waals surface area (Å²) in [4.78, 5) is 32.5. The van der Waals surface area contributed by atoms with Crippen LogP contribution in [-0.4, -0.2) is 79.1 Å². The summed E-state index contributed by atoms with van der Waals surface area (Å²) in [6, 6.07) is 14.4. The van der Waals surface area contributed by atoms with Gasteiger partial charge in [-0.15, -0.1) is 11.3 Å². The van der Waals surface area contributed by atoms with E-state index in [1.54, 1.807) is 29.5 Å². The average molecular weight is 825 g/mol. The van der Waals surface area contributed by atoms with Gasteiger partial charge in [-0.05, 0) is 86.1 Å². The average Bonchev–Trinajstić information content (AvgIpc) is 3.89. The molecular formula is C41H52N4O8S3. The van der Waals surface area contributed by atoms with E-state index in [2.05, 4.69) is 24.5 Å². The second-order valence-electron chi connectivity index (χ2n) is 16.5. The van der Waals surface area contributed by atoms with Gasteiger partial charge in [0.1, 0.15) is 6.10 Å². The number of benzene rings is 2. The molecular weight excluding hydrogens is 773 g/mol. The molecule has 2 aromatic carbocycles. The zero-order valence-electron chi connectivity index (χ0n) is 32.6. The first-order valence-corrected chi connectivity index (χ1v) is 22.5. The minimum absolute atomic E-state index is 0.0425. The summed E-state index contributed by atoms with van der Waals surface area (Å²) in [6.45, 7) is 11.8. The van der Waals surface area contributed by atoms with Crippen LogP contribution in [0.2, 0.25) is 0 Å². The molecule has 2 aliphatic heterocycles. The Morgan fingerprint density at radius 2 is 1.89 bits per heavy atom. The number of nitrogens with one attached hydrogen (secondary N) is 2. The second-order valence-corrected chi connectivity index (χ2v) is 20.7. The lowest BCUT2D eigenvalue weighted by molar-refractivity contribution is -0.181. The molecule has 4 heterocycles. The third-order valence-electron chi connectivity index (χ3n) is 11.1. The van der Waals surface area contributed by atoms with Gasteiger partial charge >= 0.3 is 12.1 Å². The van der Waals surface area contributed by atoms with Gasteiger partial charge in [0.05, 0.1) is 46.4 Å². The first kappa shape index (κ1) is 40.6. The Labute approximate surface area is 337 Å². The number of rotatable bonds is 15. The lowest BCUT2D eigenvalue weighted by Gasteiger charge is -2.29. The molecule has 1 amide bonds. The molecule has 7 rings (SSSR count). The third kappa shape index (κ3) is 8.92.